The van der Waals surface area contributed by atoms with Crippen molar-refractivity contribution in [3.8, 4) is 0 Å². The molecule has 0 aliphatic heterocycles. The van der Waals surface area contributed by atoms with E-state index in [4.69, 9.17) is 14.2 Å². The monoisotopic (exact) mass is 757 g/mol. The van der Waals surface area contributed by atoms with Crippen molar-refractivity contribution in [3.63, 3.8) is 0 Å². The molecule has 14 nitrogen and oxygen atoms in total. The van der Waals surface area contributed by atoms with Crippen LogP contribution in [0.3, 0.4) is 0 Å². The van der Waals surface area contributed by atoms with Crippen molar-refractivity contribution in [2.75, 3.05) is 25.1 Å². The smallest absolute Gasteiger partial charge is 0.407 e. The molecule has 0 aliphatic carbocycles. The summed E-state index contributed by atoms with van der Waals surface area (Å²) in [7, 11) is 0. The number of hydrogen-bond acceptors (Lipinski definition) is 10. The molecule has 0 heterocycles. The number of thioether (sulfide) groups is 1. The van der Waals surface area contributed by atoms with Crippen LogP contribution in [0.4, 0.5) is 9.59 Å². The fraction of sp³-hybridized carbons (Fsp3) is 0.526. The lowest BCUT2D eigenvalue weighted by Crippen LogP contribution is -2.51. The molecule has 2 atom stereocenters. The van der Waals surface area contributed by atoms with E-state index in [9.17, 15) is 28.8 Å². The molecule has 0 bridgehead atoms. The van der Waals surface area contributed by atoms with Crippen LogP contribution < -0.4 is 26.6 Å². The predicted molar refractivity (Wildman–Crippen MR) is 203 cm³/mol. The number of hydrogen-bond donors (Lipinski definition) is 5. The third-order valence-electron chi connectivity index (χ3n) is 7.11. The Hall–Kier alpha value is -4.79. The molecule has 0 saturated heterocycles. The van der Waals surface area contributed by atoms with E-state index >= 15 is 0 Å². The number of benzene rings is 2. The highest BCUT2D eigenvalue weighted by atomic mass is 32.2. The first-order valence-corrected chi connectivity index (χ1v) is 18.9. The summed E-state index contributed by atoms with van der Waals surface area (Å²) in [5.74, 6) is -1.74. The molecule has 0 saturated carbocycles. The maximum atomic E-state index is 13.2. The first-order valence-electron chi connectivity index (χ1n) is 17.6. The molecule has 2 rings (SSSR count). The minimum absolute atomic E-state index is 0.131. The number of ether oxygens (including phenoxy) is 3. The molecule has 0 fully saturated rings. The van der Waals surface area contributed by atoms with Gasteiger partial charge in [0, 0.05) is 18.7 Å². The molecule has 2 aromatic rings. The standard InChI is InChI=1S/C38H55N5O9S/c1-37(2,3)51-34(47)30(18-11-12-20-39-35(48)50-25-26-14-9-8-10-15-26)42-31(44)24-40-33(46)29(19-21-53-7)43-32(45)28-17-13-16-27(22-28)23-41-36(49)52-38(4,5)6/h8-10,13-17,22,29-30H,11-12,18-21,23-25H2,1-7H3,(H,39,48)(H,40,46)(H,41,49)(H,42,44)(H,43,45)/t29-,30-/m0/s1. The van der Waals surface area contributed by atoms with Crippen molar-refractivity contribution in [2.24, 2.45) is 0 Å². The van der Waals surface area contributed by atoms with Crippen molar-refractivity contribution < 1.29 is 43.0 Å². The Kier molecular flexibility index (Phi) is 18.7. The third-order valence-corrected chi connectivity index (χ3v) is 7.75. The highest BCUT2D eigenvalue weighted by Gasteiger charge is 2.27. The maximum Gasteiger partial charge on any atom is 0.407 e. The van der Waals surface area contributed by atoms with E-state index in [0.29, 0.717) is 37.1 Å². The van der Waals surface area contributed by atoms with Gasteiger partial charge >= 0.3 is 18.2 Å². The van der Waals surface area contributed by atoms with Gasteiger partial charge in [-0.05, 0) is 102 Å². The average molecular weight is 758 g/mol. The van der Waals surface area contributed by atoms with Crippen LogP contribution in [0.5, 0.6) is 0 Å². The zero-order chi connectivity index (χ0) is 39.4. The van der Waals surface area contributed by atoms with Gasteiger partial charge < -0.3 is 40.8 Å². The van der Waals surface area contributed by atoms with Gasteiger partial charge in [-0.15, -0.1) is 0 Å². The molecule has 53 heavy (non-hydrogen) atoms. The zero-order valence-electron chi connectivity index (χ0n) is 31.8. The van der Waals surface area contributed by atoms with E-state index in [-0.39, 0.29) is 25.1 Å². The maximum absolute atomic E-state index is 13.2. The van der Waals surface area contributed by atoms with Gasteiger partial charge in [0.25, 0.3) is 5.91 Å². The lowest BCUT2D eigenvalue weighted by Gasteiger charge is -2.25. The number of rotatable bonds is 19. The van der Waals surface area contributed by atoms with E-state index in [0.717, 1.165) is 5.56 Å². The number of amides is 5. The van der Waals surface area contributed by atoms with E-state index in [2.05, 4.69) is 26.6 Å². The van der Waals surface area contributed by atoms with E-state index in [1.54, 1.807) is 65.8 Å². The highest BCUT2D eigenvalue weighted by Crippen LogP contribution is 2.13. The number of carbonyl (C=O) groups is 6. The SMILES string of the molecule is CSCC[C@H](NC(=O)c1cccc(CNC(=O)OC(C)(C)C)c1)C(=O)NCC(=O)N[C@@H](CCCCNC(=O)OCc1ccccc1)C(=O)OC(C)(C)C. The van der Waals surface area contributed by atoms with Gasteiger partial charge in [0.15, 0.2) is 0 Å². The predicted octanol–water partition coefficient (Wildman–Crippen LogP) is 4.60. The van der Waals surface area contributed by atoms with Crippen LogP contribution >= 0.6 is 11.8 Å². The molecule has 0 aromatic heterocycles. The molecular weight excluding hydrogens is 703 g/mol. The quantitative estimate of drug-likeness (QED) is 0.0769. The first kappa shape index (κ1) is 44.4. The number of esters is 1. The van der Waals surface area contributed by atoms with Crippen molar-refractivity contribution in [1.29, 1.82) is 0 Å². The lowest BCUT2D eigenvalue weighted by molar-refractivity contribution is -0.158. The van der Waals surface area contributed by atoms with Gasteiger partial charge in [-0.1, -0.05) is 42.5 Å². The second-order valence-corrected chi connectivity index (χ2v) is 15.2. The van der Waals surface area contributed by atoms with Gasteiger partial charge in [-0.2, -0.15) is 11.8 Å². The minimum atomic E-state index is -0.993. The van der Waals surface area contributed by atoms with Crippen molar-refractivity contribution >= 4 is 47.6 Å². The van der Waals surface area contributed by atoms with Crippen LogP contribution in [-0.4, -0.2) is 84.3 Å². The van der Waals surface area contributed by atoms with Crippen LogP contribution in [-0.2, 0) is 41.7 Å². The lowest BCUT2D eigenvalue weighted by atomic mass is 10.1. The largest absolute Gasteiger partial charge is 0.458 e. The minimum Gasteiger partial charge on any atom is -0.458 e. The second kappa shape index (κ2) is 22.3. The zero-order valence-corrected chi connectivity index (χ0v) is 32.6. The summed E-state index contributed by atoms with van der Waals surface area (Å²) in [5, 5.41) is 13.3. The Bertz CT molecular complexity index is 1510. The summed E-state index contributed by atoms with van der Waals surface area (Å²) >= 11 is 1.50. The number of nitrogens with one attached hydrogen (secondary N) is 5. The Morgan fingerprint density at radius 3 is 2.06 bits per heavy atom. The topological polar surface area (TPSA) is 190 Å². The Balaban J connectivity index is 1.92. The number of unbranched alkanes of at least 4 members (excludes halogenated alkanes) is 1. The molecule has 0 aliphatic rings. The summed E-state index contributed by atoms with van der Waals surface area (Å²) in [4.78, 5) is 76.4. The summed E-state index contributed by atoms with van der Waals surface area (Å²) in [5.41, 5.74) is 0.355. The first-order chi connectivity index (χ1) is 25.0. The molecule has 2 aromatic carbocycles. The summed E-state index contributed by atoms with van der Waals surface area (Å²) in [6.45, 7) is 10.6. The van der Waals surface area contributed by atoms with Crippen molar-refractivity contribution in [1.82, 2.24) is 26.6 Å². The third kappa shape index (κ3) is 19.6. The van der Waals surface area contributed by atoms with Crippen molar-refractivity contribution in [2.45, 2.75) is 104 Å². The summed E-state index contributed by atoms with van der Waals surface area (Å²) < 4.78 is 16.0. The van der Waals surface area contributed by atoms with E-state index < -0.39 is 65.7 Å². The highest BCUT2D eigenvalue weighted by molar-refractivity contribution is 7.98. The average Bonchev–Trinajstić information content (AvgIpc) is 3.08. The second-order valence-electron chi connectivity index (χ2n) is 14.2. The Labute approximate surface area is 316 Å². The molecule has 0 unspecified atom stereocenters. The van der Waals surface area contributed by atoms with Gasteiger partial charge in [0.05, 0.1) is 6.54 Å². The molecule has 5 amide bonds. The molecule has 0 radical (unpaired) electrons. The van der Waals surface area contributed by atoms with Gasteiger partial charge in [-0.25, -0.2) is 14.4 Å². The van der Waals surface area contributed by atoms with Gasteiger partial charge in [-0.3, -0.25) is 14.4 Å². The van der Waals surface area contributed by atoms with E-state index in [1.165, 1.54) is 11.8 Å². The van der Waals surface area contributed by atoms with Crippen LogP contribution in [0.15, 0.2) is 54.6 Å². The fourth-order valence-electron chi connectivity index (χ4n) is 4.65. The van der Waals surface area contributed by atoms with Crippen molar-refractivity contribution in [3.05, 3.63) is 71.3 Å². The van der Waals surface area contributed by atoms with Crippen LogP contribution in [0.1, 0.15) is 88.7 Å². The molecule has 292 valence electrons. The Morgan fingerprint density at radius 2 is 1.40 bits per heavy atom. The van der Waals surface area contributed by atoms with E-state index in [1.807, 2.05) is 36.6 Å². The molecule has 0 spiro atoms. The van der Waals surface area contributed by atoms with Gasteiger partial charge in [0.2, 0.25) is 11.8 Å². The fourth-order valence-corrected chi connectivity index (χ4v) is 5.12. The number of alkyl carbamates (subject to hydrolysis) is 2. The summed E-state index contributed by atoms with van der Waals surface area (Å²) in [6.07, 6.45) is 2.23. The van der Waals surface area contributed by atoms with Crippen LogP contribution in [0.2, 0.25) is 0 Å². The van der Waals surface area contributed by atoms with Crippen LogP contribution in [0, 0.1) is 0 Å². The molecule has 15 heteroatoms. The molecular formula is C38H55N5O9S. The van der Waals surface area contributed by atoms with Gasteiger partial charge in [0.1, 0.15) is 29.9 Å². The Morgan fingerprint density at radius 1 is 0.717 bits per heavy atom. The number of carbonyl (C=O) groups excluding carboxylic acids is 6. The van der Waals surface area contributed by atoms with Crippen LogP contribution in [0.25, 0.3) is 0 Å². The molecule has 5 N–H and O–H groups in total. The normalized spacial score (nSPS) is 12.4. The summed E-state index contributed by atoms with van der Waals surface area (Å²) in [6, 6.07) is 14.0.